The highest BCUT2D eigenvalue weighted by Crippen LogP contribution is 2.41. The number of rotatable bonds is 6. The van der Waals surface area contributed by atoms with E-state index in [4.69, 9.17) is 9.97 Å². The molecule has 0 bridgehead atoms. The first-order valence-electron chi connectivity index (χ1n) is 12.8. The summed E-state index contributed by atoms with van der Waals surface area (Å²) in [6.07, 6.45) is 12.0. The van der Waals surface area contributed by atoms with Crippen LogP contribution >= 0.6 is 0 Å². The molecule has 5 heterocycles. The number of pyridine rings is 3. The highest BCUT2D eigenvalue weighted by atomic mass is 19.1. The molecule has 37 heavy (non-hydrogen) atoms. The van der Waals surface area contributed by atoms with Crippen LogP contribution in [0.15, 0.2) is 42.9 Å². The van der Waals surface area contributed by atoms with Gasteiger partial charge in [-0.15, -0.1) is 0 Å². The number of fused-ring (bicyclic) bond motifs is 1. The first-order chi connectivity index (χ1) is 18.1. The lowest BCUT2D eigenvalue weighted by atomic mass is 9.79. The molecule has 1 atom stereocenters. The first-order valence-corrected chi connectivity index (χ1v) is 12.8. The van der Waals surface area contributed by atoms with Gasteiger partial charge in [-0.05, 0) is 80.9 Å². The van der Waals surface area contributed by atoms with E-state index in [2.05, 4.69) is 30.9 Å². The average Bonchev–Trinajstić information content (AvgIpc) is 3.14. The Morgan fingerprint density at radius 3 is 2.68 bits per heavy atom. The zero-order chi connectivity index (χ0) is 25.2. The van der Waals surface area contributed by atoms with Crippen molar-refractivity contribution in [2.24, 2.45) is 0 Å². The molecule has 1 unspecified atom stereocenters. The van der Waals surface area contributed by atoms with Gasteiger partial charge in [0.15, 0.2) is 17.5 Å². The van der Waals surface area contributed by atoms with Gasteiger partial charge in [0, 0.05) is 29.4 Å². The molecule has 1 aliphatic carbocycles. The number of hydrogen-bond acceptors (Lipinski definition) is 8. The van der Waals surface area contributed by atoms with Gasteiger partial charge in [-0.2, -0.15) is 9.37 Å². The number of nitrogens with zero attached hydrogens (tertiary/aromatic N) is 5. The van der Waals surface area contributed by atoms with Crippen molar-refractivity contribution in [1.29, 1.82) is 0 Å². The van der Waals surface area contributed by atoms with Crippen LogP contribution in [0.1, 0.15) is 50.0 Å². The maximum atomic E-state index is 14.1. The van der Waals surface area contributed by atoms with E-state index in [0.29, 0.717) is 29.2 Å². The van der Waals surface area contributed by atoms with E-state index in [1.807, 2.05) is 6.20 Å². The molecule has 0 aromatic carbocycles. The summed E-state index contributed by atoms with van der Waals surface area (Å²) in [4.78, 5) is 22.2. The normalized spacial score (nSPS) is 18.3. The molecule has 2 fully saturated rings. The highest BCUT2D eigenvalue weighted by Gasteiger charge is 2.25. The van der Waals surface area contributed by atoms with Gasteiger partial charge in [0.2, 0.25) is 5.95 Å². The summed E-state index contributed by atoms with van der Waals surface area (Å²) in [5, 5.41) is 11.0. The molecule has 8 nitrogen and oxygen atoms in total. The highest BCUT2D eigenvalue weighted by molar-refractivity contribution is 5.93. The van der Waals surface area contributed by atoms with E-state index in [9.17, 15) is 8.78 Å². The van der Waals surface area contributed by atoms with E-state index in [1.165, 1.54) is 12.0 Å². The fraction of sp³-hybridized carbons (Fsp3) is 0.370. The second-order valence-corrected chi connectivity index (χ2v) is 9.69. The Hall–Kier alpha value is -3.79. The molecule has 1 saturated heterocycles. The van der Waals surface area contributed by atoms with Crippen LogP contribution in [0.2, 0.25) is 0 Å². The summed E-state index contributed by atoms with van der Waals surface area (Å²) in [5.74, 6) is 0.429. The minimum Gasteiger partial charge on any atom is -0.367 e. The summed E-state index contributed by atoms with van der Waals surface area (Å²) in [7, 11) is 0. The Bertz CT molecular complexity index is 1420. The number of halogens is 2. The predicted molar refractivity (Wildman–Crippen MR) is 139 cm³/mol. The predicted octanol–water partition coefficient (Wildman–Crippen LogP) is 5.33. The van der Waals surface area contributed by atoms with Gasteiger partial charge in [-0.1, -0.05) is 6.42 Å². The van der Waals surface area contributed by atoms with Crippen LogP contribution in [-0.2, 0) is 0 Å². The lowest BCUT2D eigenvalue weighted by Gasteiger charge is -2.28. The summed E-state index contributed by atoms with van der Waals surface area (Å²) in [5.41, 5.74) is 2.68. The second kappa shape index (κ2) is 10.3. The molecule has 3 N–H and O–H groups in total. The molecule has 0 spiro atoms. The van der Waals surface area contributed by atoms with Crippen LogP contribution in [0.4, 0.5) is 26.2 Å². The van der Waals surface area contributed by atoms with E-state index in [0.717, 1.165) is 74.0 Å². The topological polar surface area (TPSA) is 101 Å². The van der Waals surface area contributed by atoms with Crippen molar-refractivity contribution >= 4 is 28.4 Å². The molecule has 4 aromatic rings. The summed E-state index contributed by atoms with van der Waals surface area (Å²) in [6, 6.07) is 5.80. The van der Waals surface area contributed by atoms with Gasteiger partial charge in [0.1, 0.15) is 11.6 Å². The molecule has 1 saturated carbocycles. The first kappa shape index (κ1) is 23.6. The zero-order valence-electron chi connectivity index (χ0n) is 20.3. The van der Waals surface area contributed by atoms with Crippen molar-refractivity contribution < 1.29 is 8.78 Å². The molecule has 4 aromatic heterocycles. The molecule has 0 amide bonds. The number of aromatic nitrogens is 5. The van der Waals surface area contributed by atoms with Gasteiger partial charge in [-0.3, -0.25) is 4.98 Å². The SMILES string of the molecule is Fc1ccc(F)c(Nc2cc(-c3nc(NC4CCCNCC4)c4c(C5CCC5)cncc4n3)ccn2)n1. The monoisotopic (exact) mass is 502 g/mol. The van der Waals surface area contributed by atoms with Crippen LogP contribution < -0.4 is 16.0 Å². The Morgan fingerprint density at radius 2 is 1.81 bits per heavy atom. The minimum atomic E-state index is -0.780. The number of hydrogen-bond donors (Lipinski definition) is 3. The molecule has 190 valence electrons. The molecule has 6 rings (SSSR count). The summed E-state index contributed by atoms with van der Waals surface area (Å²) >= 11 is 0. The number of nitrogens with one attached hydrogen (secondary N) is 3. The molecule has 2 aliphatic rings. The third kappa shape index (κ3) is 5.06. The van der Waals surface area contributed by atoms with E-state index >= 15 is 0 Å². The Balaban J connectivity index is 1.40. The van der Waals surface area contributed by atoms with Crippen LogP contribution in [0.5, 0.6) is 0 Å². The van der Waals surface area contributed by atoms with Gasteiger partial charge >= 0.3 is 0 Å². The summed E-state index contributed by atoms with van der Waals surface area (Å²) < 4.78 is 27.7. The smallest absolute Gasteiger partial charge is 0.214 e. The van der Waals surface area contributed by atoms with Crippen molar-refractivity contribution in [3.8, 4) is 11.4 Å². The van der Waals surface area contributed by atoms with Crippen LogP contribution in [0.3, 0.4) is 0 Å². The van der Waals surface area contributed by atoms with Gasteiger partial charge in [0.25, 0.3) is 0 Å². The third-order valence-corrected chi connectivity index (χ3v) is 7.17. The fourth-order valence-corrected chi connectivity index (χ4v) is 4.99. The molecular formula is C27H28F2N8. The Morgan fingerprint density at radius 1 is 0.892 bits per heavy atom. The minimum absolute atomic E-state index is 0.234. The van der Waals surface area contributed by atoms with E-state index in [-0.39, 0.29) is 5.82 Å². The second-order valence-electron chi connectivity index (χ2n) is 9.69. The Labute approximate surface area is 213 Å². The van der Waals surface area contributed by atoms with Crippen LogP contribution in [-0.4, -0.2) is 44.1 Å². The van der Waals surface area contributed by atoms with Crippen LogP contribution in [0.25, 0.3) is 22.3 Å². The van der Waals surface area contributed by atoms with Crippen molar-refractivity contribution in [1.82, 2.24) is 30.2 Å². The Kier molecular flexibility index (Phi) is 6.57. The quantitative estimate of drug-likeness (QED) is 0.305. The molecule has 10 heteroatoms. The number of anilines is 3. The lowest BCUT2D eigenvalue weighted by molar-refractivity contribution is 0.421. The van der Waals surface area contributed by atoms with Gasteiger partial charge < -0.3 is 16.0 Å². The third-order valence-electron chi connectivity index (χ3n) is 7.17. The molecular weight excluding hydrogens is 474 g/mol. The van der Waals surface area contributed by atoms with E-state index in [1.54, 1.807) is 24.5 Å². The van der Waals surface area contributed by atoms with Gasteiger partial charge in [0.05, 0.1) is 11.7 Å². The van der Waals surface area contributed by atoms with Crippen molar-refractivity contribution in [3.05, 3.63) is 60.2 Å². The maximum Gasteiger partial charge on any atom is 0.214 e. The van der Waals surface area contributed by atoms with Crippen LogP contribution in [0, 0.1) is 11.8 Å². The fourth-order valence-electron chi connectivity index (χ4n) is 4.99. The van der Waals surface area contributed by atoms with Crippen molar-refractivity contribution in [2.45, 2.75) is 50.5 Å². The maximum absolute atomic E-state index is 14.1. The largest absolute Gasteiger partial charge is 0.367 e. The summed E-state index contributed by atoms with van der Waals surface area (Å²) in [6.45, 7) is 1.99. The van der Waals surface area contributed by atoms with Crippen molar-refractivity contribution in [2.75, 3.05) is 23.7 Å². The molecule has 1 aliphatic heterocycles. The lowest BCUT2D eigenvalue weighted by Crippen LogP contribution is -2.23. The average molecular weight is 503 g/mol. The molecule has 0 radical (unpaired) electrons. The standard InChI is InChI=1S/C27H28F2N8/c28-20-6-7-22(29)35-26(20)36-23-13-17(8-12-32-23)25-34-21-15-31-14-19(16-3-1-4-16)24(21)27(37-25)33-18-5-2-10-30-11-9-18/h6-8,12-16,18,30H,1-5,9-11H2,(H,32,35,36)(H,33,34,37). The van der Waals surface area contributed by atoms with Crippen molar-refractivity contribution in [3.63, 3.8) is 0 Å². The van der Waals surface area contributed by atoms with E-state index < -0.39 is 11.8 Å². The zero-order valence-corrected chi connectivity index (χ0v) is 20.3. The van der Waals surface area contributed by atoms with Gasteiger partial charge in [-0.25, -0.2) is 19.3 Å².